The van der Waals surface area contributed by atoms with Crippen LogP contribution in [0.3, 0.4) is 0 Å². The summed E-state index contributed by atoms with van der Waals surface area (Å²) in [5, 5.41) is 9.30. The van der Waals surface area contributed by atoms with Gasteiger partial charge in [0, 0.05) is 18.3 Å². The Kier molecular flexibility index (Phi) is 5.44. The Bertz CT molecular complexity index is 484. The fraction of sp³-hybridized carbons (Fsp3) is 0.562. The van der Waals surface area contributed by atoms with Crippen molar-refractivity contribution in [3.8, 4) is 5.75 Å². The Morgan fingerprint density at radius 1 is 1.38 bits per heavy atom. The lowest BCUT2D eigenvalue weighted by molar-refractivity contribution is 0.0583. The monoisotopic (exact) mass is 292 g/mol. The van der Waals surface area contributed by atoms with E-state index in [1.54, 1.807) is 23.1 Å². The van der Waals surface area contributed by atoms with E-state index < -0.39 is 0 Å². The van der Waals surface area contributed by atoms with Gasteiger partial charge in [-0.05, 0) is 25.0 Å². The van der Waals surface area contributed by atoms with Crippen LogP contribution in [0.25, 0.3) is 0 Å². The number of hydrogen-bond acceptors (Lipinski definition) is 4. The highest BCUT2D eigenvalue weighted by molar-refractivity contribution is 6.02. The zero-order valence-electron chi connectivity index (χ0n) is 12.5. The van der Waals surface area contributed by atoms with Crippen LogP contribution in [-0.4, -0.2) is 42.2 Å². The van der Waals surface area contributed by atoms with Crippen LogP contribution in [0.15, 0.2) is 18.2 Å². The molecule has 0 radical (unpaired) electrons. The van der Waals surface area contributed by atoms with E-state index in [0.29, 0.717) is 23.5 Å². The Balaban J connectivity index is 2.29. The van der Waals surface area contributed by atoms with E-state index in [1.807, 2.05) is 0 Å². The molecule has 1 aliphatic carbocycles. The van der Waals surface area contributed by atoms with Crippen molar-refractivity contribution in [3.05, 3.63) is 23.8 Å². The van der Waals surface area contributed by atoms with Gasteiger partial charge in [-0.1, -0.05) is 25.3 Å². The van der Waals surface area contributed by atoms with E-state index in [2.05, 4.69) is 0 Å². The van der Waals surface area contributed by atoms with Crippen LogP contribution in [0.4, 0.5) is 5.69 Å². The van der Waals surface area contributed by atoms with Gasteiger partial charge in [-0.25, -0.2) is 0 Å². The van der Waals surface area contributed by atoms with Gasteiger partial charge in [0.1, 0.15) is 11.3 Å². The van der Waals surface area contributed by atoms with E-state index in [4.69, 9.17) is 10.5 Å². The normalized spacial score (nSPS) is 15.7. The number of amides is 1. The molecule has 0 aliphatic heterocycles. The average molecular weight is 292 g/mol. The number of ether oxygens (including phenoxy) is 1. The van der Waals surface area contributed by atoms with Gasteiger partial charge in [-0.2, -0.15) is 0 Å². The van der Waals surface area contributed by atoms with Crippen molar-refractivity contribution in [3.63, 3.8) is 0 Å². The van der Waals surface area contributed by atoms with Crippen LogP contribution >= 0.6 is 0 Å². The van der Waals surface area contributed by atoms with Crippen LogP contribution < -0.4 is 10.5 Å². The molecule has 2 rings (SSSR count). The lowest BCUT2D eigenvalue weighted by atomic mass is 9.93. The van der Waals surface area contributed by atoms with Crippen molar-refractivity contribution in [2.24, 2.45) is 0 Å². The number of aliphatic hydroxyl groups is 1. The fourth-order valence-electron chi connectivity index (χ4n) is 3.04. The maximum absolute atomic E-state index is 12.9. The second-order valence-electron chi connectivity index (χ2n) is 5.44. The number of anilines is 1. The first-order valence-electron chi connectivity index (χ1n) is 7.53. The molecule has 0 atom stereocenters. The first-order valence-corrected chi connectivity index (χ1v) is 7.53. The predicted molar refractivity (Wildman–Crippen MR) is 82.4 cm³/mol. The SMILES string of the molecule is COc1cccc(N)c1C(=O)N(CCO)C1CCCCC1. The summed E-state index contributed by atoms with van der Waals surface area (Å²) in [7, 11) is 1.53. The van der Waals surface area contributed by atoms with E-state index in [9.17, 15) is 9.90 Å². The third-order valence-electron chi connectivity index (χ3n) is 4.11. The first-order chi connectivity index (χ1) is 10.2. The van der Waals surface area contributed by atoms with Gasteiger partial charge < -0.3 is 20.5 Å². The lowest BCUT2D eigenvalue weighted by Gasteiger charge is -2.34. The Morgan fingerprint density at radius 2 is 2.10 bits per heavy atom. The van der Waals surface area contributed by atoms with Crippen LogP contribution in [0, 0.1) is 0 Å². The van der Waals surface area contributed by atoms with Crippen molar-refractivity contribution in [2.75, 3.05) is 26.0 Å². The van der Waals surface area contributed by atoms with E-state index in [-0.39, 0.29) is 18.6 Å². The molecular formula is C16H24N2O3. The molecule has 0 spiro atoms. The van der Waals surface area contributed by atoms with Gasteiger partial charge in [0.05, 0.1) is 13.7 Å². The molecule has 3 N–H and O–H groups in total. The summed E-state index contributed by atoms with van der Waals surface area (Å²) in [5.41, 5.74) is 6.79. The van der Waals surface area contributed by atoms with Crippen LogP contribution in [-0.2, 0) is 0 Å². The number of rotatable bonds is 5. The van der Waals surface area contributed by atoms with Crippen molar-refractivity contribution >= 4 is 11.6 Å². The molecule has 116 valence electrons. The zero-order chi connectivity index (χ0) is 15.2. The predicted octanol–water partition coefficient (Wildman–Crippen LogP) is 2.04. The number of nitrogens with zero attached hydrogens (tertiary/aromatic N) is 1. The number of methoxy groups -OCH3 is 1. The van der Waals surface area contributed by atoms with Crippen LogP contribution in [0.1, 0.15) is 42.5 Å². The molecule has 21 heavy (non-hydrogen) atoms. The van der Waals surface area contributed by atoms with Crippen LogP contribution in [0.5, 0.6) is 5.75 Å². The first kappa shape index (κ1) is 15.6. The number of nitrogens with two attached hydrogens (primary N) is 1. The molecule has 0 heterocycles. The second-order valence-corrected chi connectivity index (χ2v) is 5.44. The largest absolute Gasteiger partial charge is 0.496 e. The van der Waals surface area contributed by atoms with Crippen molar-refractivity contribution in [1.29, 1.82) is 0 Å². The molecule has 1 amide bonds. The number of nitrogen functional groups attached to an aromatic ring is 1. The Labute approximate surface area is 125 Å². The molecule has 5 nitrogen and oxygen atoms in total. The van der Waals surface area contributed by atoms with E-state index in [1.165, 1.54) is 13.5 Å². The summed E-state index contributed by atoms with van der Waals surface area (Å²) in [4.78, 5) is 14.6. The molecule has 1 saturated carbocycles. The third-order valence-corrected chi connectivity index (χ3v) is 4.11. The molecule has 0 saturated heterocycles. The smallest absolute Gasteiger partial charge is 0.260 e. The highest BCUT2D eigenvalue weighted by Gasteiger charge is 2.28. The number of aliphatic hydroxyl groups excluding tert-OH is 1. The van der Waals surface area contributed by atoms with Gasteiger partial charge in [-0.3, -0.25) is 4.79 Å². The second kappa shape index (κ2) is 7.31. The minimum absolute atomic E-state index is 0.0444. The molecule has 1 aromatic carbocycles. The van der Waals surface area contributed by atoms with E-state index in [0.717, 1.165) is 25.7 Å². The maximum atomic E-state index is 12.9. The average Bonchev–Trinajstić information content (AvgIpc) is 2.52. The summed E-state index contributed by atoms with van der Waals surface area (Å²) in [6.45, 7) is 0.290. The number of hydrogen-bond donors (Lipinski definition) is 2. The van der Waals surface area contributed by atoms with Crippen molar-refractivity contribution < 1.29 is 14.6 Å². The highest BCUT2D eigenvalue weighted by atomic mass is 16.5. The number of carbonyl (C=O) groups is 1. The van der Waals surface area contributed by atoms with E-state index >= 15 is 0 Å². The molecule has 1 aromatic rings. The van der Waals surface area contributed by atoms with Gasteiger partial charge in [0.15, 0.2) is 0 Å². The summed E-state index contributed by atoms with van der Waals surface area (Å²) in [5.74, 6) is 0.338. The third kappa shape index (κ3) is 3.47. The van der Waals surface area contributed by atoms with Crippen molar-refractivity contribution in [2.45, 2.75) is 38.1 Å². The molecule has 0 unspecified atom stereocenters. The Hall–Kier alpha value is -1.75. The van der Waals surface area contributed by atoms with Gasteiger partial charge in [0.2, 0.25) is 0 Å². The summed E-state index contributed by atoms with van der Waals surface area (Å²) in [6.07, 6.45) is 5.44. The number of benzene rings is 1. The molecule has 0 aromatic heterocycles. The lowest BCUT2D eigenvalue weighted by Crippen LogP contribution is -2.43. The zero-order valence-corrected chi connectivity index (χ0v) is 12.5. The molecule has 5 heteroatoms. The van der Waals surface area contributed by atoms with Crippen LogP contribution in [0.2, 0.25) is 0 Å². The van der Waals surface area contributed by atoms with Gasteiger partial charge in [0.25, 0.3) is 5.91 Å². The highest BCUT2D eigenvalue weighted by Crippen LogP contribution is 2.29. The molecule has 1 fully saturated rings. The van der Waals surface area contributed by atoms with Gasteiger partial charge >= 0.3 is 0 Å². The molecule has 0 bridgehead atoms. The minimum atomic E-state index is -0.147. The minimum Gasteiger partial charge on any atom is -0.496 e. The standard InChI is InChI=1S/C16H24N2O3/c1-21-14-9-5-8-13(17)15(14)16(20)18(10-11-19)12-6-3-2-4-7-12/h5,8-9,12,19H,2-4,6-7,10-11,17H2,1H3. The summed E-state index contributed by atoms with van der Waals surface area (Å²) in [6, 6.07) is 5.39. The summed E-state index contributed by atoms with van der Waals surface area (Å²) < 4.78 is 5.27. The van der Waals surface area contributed by atoms with Gasteiger partial charge in [-0.15, -0.1) is 0 Å². The topological polar surface area (TPSA) is 75.8 Å². The number of carbonyl (C=O) groups excluding carboxylic acids is 1. The maximum Gasteiger partial charge on any atom is 0.260 e. The Morgan fingerprint density at radius 3 is 2.71 bits per heavy atom. The quantitative estimate of drug-likeness (QED) is 0.814. The molecular weight excluding hydrogens is 268 g/mol. The van der Waals surface area contributed by atoms with Crippen molar-refractivity contribution in [1.82, 2.24) is 4.90 Å². The molecule has 1 aliphatic rings. The summed E-state index contributed by atoms with van der Waals surface area (Å²) >= 11 is 0. The fourth-order valence-corrected chi connectivity index (χ4v) is 3.04.